The second kappa shape index (κ2) is 8.76. The molecule has 1 fully saturated rings. The van der Waals surface area contributed by atoms with E-state index in [0.717, 1.165) is 32.0 Å². The maximum atomic E-state index is 11.7. The number of ether oxygens (including phenoxy) is 1. The zero-order valence-corrected chi connectivity index (χ0v) is 15.0. The van der Waals surface area contributed by atoms with E-state index in [9.17, 15) is 4.79 Å². The normalized spacial score (nSPS) is 15.7. The van der Waals surface area contributed by atoms with E-state index >= 15 is 0 Å². The molecule has 0 atom stereocenters. The molecule has 2 rings (SSSR count). The van der Waals surface area contributed by atoms with Crippen LogP contribution in [0.4, 0.5) is 4.79 Å². The molecule has 0 bridgehead atoms. The Labute approximate surface area is 142 Å². The molecule has 0 aromatic carbocycles. The molecule has 1 aliphatic rings. The van der Waals surface area contributed by atoms with Gasteiger partial charge in [-0.25, -0.2) is 4.79 Å². The van der Waals surface area contributed by atoms with Gasteiger partial charge in [0.25, 0.3) is 0 Å². The predicted molar refractivity (Wildman–Crippen MR) is 94.1 cm³/mol. The smallest absolute Gasteiger partial charge is 0.409 e. The summed E-state index contributed by atoms with van der Waals surface area (Å²) in [6.07, 6.45) is 0.857. The molecule has 0 unspecified atom stereocenters. The van der Waals surface area contributed by atoms with Crippen molar-refractivity contribution in [3.8, 4) is 0 Å². The largest absolute Gasteiger partial charge is 0.450 e. The first-order valence-corrected chi connectivity index (χ1v) is 8.94. The summed E-state index contributed by atoms with van der Waals surface area (Å²) < 4.78 is 5.05. The van der Waals surface area contributed by atoms with E-state index in [-0.39, 0.29) is 6.09 Å². The van der Waals surface area contributed by atoms with Gasteiger partial charge in [0.15, 0.2) is 5.96 Å². The second-order valence-electron chi connectivity index (χ2n) is 5.30. The van der Waals surface area contributed by atoms with Crippen molar-refractivity contribution in [1.29, 1.82) is 0 Å². The lowest BCUT2D eigenvalue weighted by atomic mass is 10.3. The molecule has 1 aromatic rings. The molecule has 0 spiro atoms. The number of guanidine groups is 1. The van der Waals surface area contributed by atoms with Crippen molar-refractivity contribution in [2.75, 3.05) is 39.8 Å². The summed E-state index contributed by atoms with van der Waals surface area (Å²) in [6.45, 7) is 8.07. The van der Waals surface area contributed by atoms with Crippen LogP contribution in [0.3, 0.4) is 0 Å². The molecule has 23 heavy (non-hydrogen) atoms. The fraction of sp³-hybridized carbons (Fsp3) is 0.625. The van der Waals surface area contributed by atoms with Crippen LogP contribution in [-0.2, 0) is 17.7 Å². The van der Waals surface area contributed by atoms with E-state index in [0.29, 0.717) is 19.7 Å². The first-order chi connectivity index (χ1) is 11.2. The summed E-state index contributed by atoms with van der Waals surface area (Å²) in [4.78, 5) is 22.7. The Morgan fingerprint density at radius 1 is 1.22 bits per heavy atom. The van der Waals surface area contributed by atoms with Crippen LogP contribution >= 0.6 is 11.3 Å². The molecule has 0 aliphatic carbocycles. The molecule has 1 aromatic heterocycles. The standard InChI is InChI=1S/C16H26N4O2S/c1-4-13-6-7-14(23-13)12-18-15(17-3)19-8-10-20(11-9-19)16(21)22-5-2/h6-7H,4-5,8-12H2,1-3H3,(H,17,18). The Bertz CT molecular complexity index is 536. The number of nitrogens with zero attached hydrogens (tertiary/aromatic N) is 3. The van der Waals surface area contributed by atoms with Gasteiger partial charge in [-0.05, 0) is 25.5 Å². The summed E-state index contributed by atoms with van der Waals surface area (Å²) >= 11 is 1.84. The molecule has 128 valence electrons. The highest BCUT2D eigenvalue weighted by molar-refractivity contribution is 7.11. The van der Waals surface area contributed by atoms with Crippen molar-refractivity contribution >= 4 is 23.4 Å². The molecule has 6 nitrogen and oxygen atoms in total. The number of piperazine rings is 1. The van der Waals surface area contributed by atoms with Crippen molar-refractivity contribution in [2.24, 2.45) is 4.99 Å². The van der Waals surface area contributed by atoms with Gasteiger partial charge in [-0.2, -0.15) is 0 Å². The molecule has 7 heteroatoms. The minimum atomic E-state index is -0.222. The number of carbonyl (C=O) groups excluding carboxylic acids is 1. The molecular formula is C16H26N4O2S. The molecule has 1 saturated heterocycles. The summed E-state index contributed by atoms with van der Waals surface area (Å²) in [5.74, 6) is 0.889. The Kier molecular flexibility index (Phi) is 6.70. The van der Waals surface area contributed by atoms with Gasteiger partial charge >= 0.3 is 6.09 Å². The summed E-state index contributed by atoms with van der Waals surface area (Å²) in [5, 5.41) is 3.41. The maximum absolute atomic E-state index is 11.7. The van der Waals surface area contributed by atoms with Crippen LogP contribution in [0.25, 0.3) is 0 Å². The van der Waals surface area contributed by atoms with E-state index in [4.69, 9.17) is 4.74 Å². The number of aliphatic imine (C=N–C) groups is 1. The van der Waals surface area contributed by atoms with E-state index < -0.39 is 0 Å². The van der Waals surface area contributed by atoms with Gasteiger partial charge in [-0.15, -0.1) is 11.3 Å². The molecule has 1 aliphatic heterocycles. The monoisotopic (exact) mass is 338 g/mol. The van der Waals surface area contributed by atoms with E-state index in [2.05, 4.69) is 34.3 Å². The third-order valence-electron chi connectivity index (χ3n) is 3.80. The third kappa shape index (κ3) is 4.86. The van der Waals surface area contributed by atoms with Gasteiger partial charge in [0.2, 0.25) is 0 Å². The lowest BCUT2D eigenvalue weighted by Gasteiger charge is -2.35. The van der Waals surface area contributed by atoms with E-state index in [1.807, 2.05) is 18.3 Å². The fourth-order valence-corrected chi connectivity index (χ4v) is 3.42. The van der Waals surface area contributed by atoms with Crippen LogP contribution in [0.5, 0.6) is 0 Å². The number of aryl methyl sites for hydroxylation is 1. The highest BCUT2D eigenvalue weighted by Gasteiger charge is 2.23. The number of hydrogen-bond donors (Lipinski definition) is 1. The van der Waals surface area contributed by atoms with Crippen molar-refractivity contribution in [3.63, 3.8) is 0 Å². The average Bonchev–Trinajstić information content (AvgIpc) is 3.04. The van der Waals surface area contributed by atoms with Crippen LogP contribution in [0, 0.1) is 0 Å². The predicted octanol–water partition coefficient (Wildman–Crippen LogP) is 2.16. The van der Waals surface area contributed by atoms with Gasteiger partial charge in [0.05, 0.1) is 13.2 Å². The topological polar surface area (TPSA) is 57.2 Å². The van der Waals surface area contributed by atoms with Gasteiger partial charge in [0.1, 0.15) is 0 Å². The fourth-order valence-electron chi connectivity index (χ4n) is 2.52. The lowest BCUT2D eigenvalue weighted by Crippen LogP contribution is -2.53. The van der Waals surface area contributed by atoms with Crippen molar-refractivity contribution in [1.82, 2.24) is 15.1 Å². The quantitative estimate of drug-likeness (QED) is 0.675. The van der Waals surface area contributed by atoms with Gasteiger partial charge in [-0.3, -0.25) is 4.99 Å². The highest BCUT2D eigenvalue weighted by atomic mass is 32.1. The lowest BCUT2D eigenvalue weighted by molar-refractivity contribution is 0.0914. The van der Waals surface area contributed by atoms with Gasteiger partial charge in [0, 0.05) is 43.0 Å². The van der Waals surface area contributed by atoms with E-state index in [1.165, 1.54) is 9.75 Å². The number of amides is 1. The summed E-state index contributed by atoms with van der Waals surface area (Å²) in [5.41, 5.74) is 0. The van der Waals surface area contributed by atoms with Crippen LogP contribution in [0.1, 0.15) is 23.6 Å². The Hall–Kier alpha value is -1.76. The van der Waals surface area contributed by atoms with Gasteiger partial charge in [-0.1, -0.05) is 6.92 Å². The minimum Gasteiger partial charge on any atom is -0.450 e. The SMILES string of the molecule is CCOC(=O)N1CCN(C(=NC)NCc2ccc(CC)s2)CC1. The Balaban J connectivity index is 1.82. The number of thiophene rings is 1. The van der Waals surface area contributed by atoms with Gasteiger partial charge < -0.3 is 19.9 Å². The highest BCUT2D eigenvalue weighted by Crippen LogP contribution is 2.16. The number of hydrogen-bond acceptors (Lipinski definition) is 4. The first-order valence-electron chi connectivity index (χ1n) is 8.12. The van der Waals surface area contributed by atoms with Crippen LogP contribution in [0.2, 0.25) is 0 Å². The van der Waals surface area contributed by atoms with Crippen LogP contribution < -0.4 is 5.32 Å². The second-order valence-corrected chi connectivity index (χ2v) is 6.55. The molecule has 2 heterocycles. The zero-order valence-electron chi connectivity index (χ0n) is 14.2. The summed E-state index contributed by atoms with van der Waals surface area (Å²) in [6, 6.07) is 4.35. The number of carbonyl (C=O) groups is 1. The van der Waals surface area contributed by atoms with Crippen molar-refractivity contribution in [3.05, 3.63) is 21.9 Å². The Morgan fingerprint density at radius 3 is 2.43 bits per heavy atom. The minimum absolute atomic E-state index is 0.222. The van der Waals surface area contributed by atoms with Crippen LogP contribution in [-0.4, -0.2) is 61.7 Å². The molecule has 1 N–H and O–H groups in total. The van der Waals surface area contributed by atoms with Crippen molar-refractivity contribution < 1.29 is 9.53 Å². The zero-order chi connectivity index (χ0) is 16.7. The Morgan fingerprint density at radius 2 is 1.87 bits per heavy atom. The van der Waals surface area contributed by atoms with Crippen LogP contribution in [0.15, 0.2) is 17.1 Å². The average molecular weight is 338 g/mol. The van der Waals surface area contributed by atoms with Crippen molar-refractivity contribution in [2.45, 2.75) is 26.8 Å². The molecule has 0 radical (unpaired) electrons. The number of rotatable bonds is 4. The molecular weight excluding hydrogens is 312 g/mol. The maximum Gasteiger partial charge on any atom is 0.409 e. The molecule has 0 saturated carbocycles. The number of nitrogens with one attached hydrogen (secondary N) is 1. The summed E-state index contributed by atoms with van der Waals surface area (Å²) in [7, 11) is 1.80. The third-order valence-corrected chi connectivity index (χ3v) is 5.03. The first kappa shape index (κ1) is 17.6. The van der Waals surface area contributed by atoms with E-state index in [1.54, 1.807) is 11.9 Å². The molecule has 1 amide bonds.